The third-order valence-corrected chi connectivity index (χ3v) is 11.3. The Bertz CT molecular complexity index is 1120. The minimum Gasteiger partial charge on any atom is -0.461 e. The van der Waals surface area contributed by atoms with Crippen molar-refractivity contribution in [1.82, 2.24) is 9.80 Å². The smallest absolute Gasteiger partial charge is 0.311 e. The first-order valence-electron chi connectivity index (χ1n) is 14.2. The third kappa shape index (κ3) is 4.53. The number of esters is 1. The molecular formula is C31H40N2O5S. The van der Waals surface area contributed by atoms with Crippen molar-refractivity contribution >= 4 is 29.5 Å². The van der Waals surface area contributed by atoms with Crippen molar-refractivity contribution in [2.45, 2.75) is 79.5 Å². The van der Waals surface area contributed by atoms with Crippen LogP contribution in [0, 0.1) is 11.8 Å². The van der Waals surface area contributed by atoms with E-state index in [9.17, 15) is 19.5 Å². The lowest BCUT2D eigenvalue weighted by Crippen LogP contribution is -2.57. The predicted octanol–water partition coefficient (Wildman–Crippen LogP) is 4.28. The second-order valence-electron chi connectivity index (χ2n) is 11.6. The molecule has 2 amide bonds. The fraction of sp³-hybridized carbons (Fsp3) is 0.581. The second kappa shape index (κ2) is 11.1. The normalized spacial score (nSPS) is 32.5. The molecule has 1 aromatic carbocycles. The van der Waals surface area contributed by atoms with E-state index in [4.69, 9.17) is 4.74 Å². The van der Waals surface area contributed by atoms with E-state index in [0.717, 1.165) is 37.7 Å². The summed E-state index contributed by atoms with van der Waals surface area (Å²) in [5, 5.41) is 10.7. The first kappa shape index (κ1) is 28.0. The van der Waals surface area contributed by atoms with Crippen molar-refractivity contribution in [2.24, 2.45) is 11.8 Å². The molecule has 8 heteroatoms. The summed E-state index contributed by atoms with van der Waals surface area (Å²) in [6.45, 7) is 9.79. The van der Waals surface area contributed by atoms with Crippen LogP contribution in [0.4, 0.5) is 0 Å². The zero-order valence-corrected chi connectivity index (χ0v) is 23.6. The maximum Gasteiger partial charge on any atom is 0.311 e. The number of fused-ring (bicyclic) bond motifs is 1. The van der Waals surface area contributed by atoms with Crippen LogP contribution in [0.1, 0.15) is 63.5 Å². The molecule has 2 bridgehead atoms. The number of aliphatic hydroxyl groups excluding tert-OH is 1. The fourth-order valence-corrected chi connectivity index (χ4v) is 10.0. The van der Waals surface area contributed by atoms with E-state index in [0.29, 0.717) is 19.4 Å². The number of carbonyl (C=O) groups excluding carboxylic acids is 3. The summed E-state index contributed by atoms with van der Waals surface area (Å²) in [5.74, 6) is -2.10. The van der Waals surface area contributed by atoms with Crippen molar-refractivity contribution < 1.29 is 24.2 Å². The Morgan fingerprint density at radius 2 is 1.90 bits per heavy atom. The number of carbonyl (C=O) groups is 3. The Morgan fingerprint density at radius 3 is 2.54 bits per heavy atom. The van der Waals surface area contributed by atoms with Gasteiger partial charge in [0.2, 0.25) is 11.8 Å². The lowest BCUT2D eigenvalue weighted by molar-refractivity contribution is -0.155. The summed E-state index contributed by atoms with van der Waals surface area (Å²) >= 11 is 1.63. The molecule has 1 spiro atoms. The van der Waals surface area contributed by atoms with E-state index in [1.807, 2.05) is 42.2 Å². The average molecular weight is 553 g/mol. The van der Waals surface area contributed by atoms with Gasteiger partial charge in [-0.15, -0.1) is 18.3 Å². The first-order valence-corrected chi connectivity index (χ1v) is 15.0. The number of rotatable bonds is 10. The van der Waals surface area contributed by atoms with E-state index in [1.165, 1.54) is 6.08 Å². The van der Waals surface area contributed by atoms with Gasteiger partial charge < -0.3 is 19.6 Å². The van der Waals surface area contributed by atoms with Gasteiger partial charge in [0, 0.05) is 17.3 Å². The van der Waals surface area contributed by atoms with Crippen molar-refractivity contribution in [1.29, 1.82) is 0 Å². The molecular weight excluding hydrogens is 512 g/mol. The van der Waals surface area contributed by atoms with Crippen LogP contribution in [-0.4, -0.2) is 74.0 Å². The number of thioether (sulfide) groups is 1. The SMILES string of the molecule is C=CCOC(=O)[C@@H]1[C@H]2C(=O)N([C@H](CO)c3ccccc3)C(C(=O)N(CC=C)C3CCCCC3)C23CC[C@@]1(C)S3. The van der Waals surface area contributed by atoms with Crippen LogP contribution in [0.2, 0.25) is 0 Å². The fourth-order valence-electron chi connectivity index (χ4n) is 7.70. The number of likely N-dealkylation sites (tertiary alicyclic amines) is 1. The molecule has 1 saturated carbocycles. The van der Waals surface area contributed by atoms with Crippen LogP contribution in [0.3, 0.4) is 0 Å². The number of amides is 2. The maximum absolute atomic E-state index is 14.8. The largest absolute Gasteiger partial charge is 0.461 e. The topological polar surface area (TPSA) is 87.1 Å². The summed E-state index contributed by atoms with van der Waals surface area (Å²) in [4.78, 5) is 46.3. The van der Waals surface area contributed by atoms with Gasteiger partial charge >= 0.3 is 5.97 Å². The summed E-state index contributed by atoms with van der Waals surface area (Å²) in [5.41, 5.74) is 0.770. The molecule has 0 aromatic heterocycles. The highest BCUT2D eigenvalue weighted by Gasteiger charge is 2.78. The molecule has 210 valence electrons. The van der Waals surface area contributed by atoms with Gasteiger partial charge in [-0.1, -0.05) is 68.3 Å². The molecule has 3 aliphatic heterocycles. The van der Waals surface area contributed by atoms with Gasteiger partial charge in [-0.05, 0) is 38.2 Å². The lowest BCUT2D eigenvalue weighted by atomic mass is 9.66. The number of nitrogens with zero attached hydrogens (tertiary/aromatic N) is 2. The number of hydrogen-bond donors (Lipinski definition) is 1. The molecule has 6 atom stereocenters. The minimum absolute atomic E-state index is 0.0775. The number of hydrogen-bond acceptors (Lipinski definition) is 6. The molecule has 3 heterocycles. The Hall–Kier alpha value is -2.58. The highest BCUT2D eigenvalue weighted by atomic mass is 32.2. The molecule has 4 fully saturated rings. The van der Waals surface area contributed by atoms with Crippen LogP contribution in [-0.2, 0) is 19.1 Å². The zero-order valence-electron chi connectivity index (χ0n) is 22.8. The molecule has 1 N–H and O–H groups in total. The molecule has 1 aromatic rings. The average Bonchev–Trinajstić information content (AvgIpc) is 3.52. The van der Waals surface area contributed by atoms with Crippen LogP contribution >= 0.6 is 11.8 Å². The summed E-state index contributed by atoms with van der Waals surface area (Å²) in [7, 11) is 0. The van der Waals surface area contributed by atoms with Gasteiger partial charge in [-0.2, -0.15) is 0 Å². The Morgan fingerprint density at radius 1 is 1.18 bits per heavy atom. The quantitative estimate of drug-likeness (QED) is 0.345. The number of aliphatic hydroxyl groups is 1. The van der Waals surface area contributed by atoms with Gasteiger partial charge in [0.15, 0.2) is 0 Å². The molecule has 0 radical (unpaired) electrons. The Kier molecular flexibility index (Phi) is 7.98. The van der Waals surface area contributed by atoms with Gasteiger partial charge in [0.1, 0.15) is 12.6 Å². The molecule has 39 heavy (non-hydrogen) atoms. The molecule has 3 saturated heterocycles. The zero-order chi connectivity index (χ0) is 27.8. The van der Waals surface area contributed by atoms with Gasteiger partial charge in [-0.25, -0.2) is 0 Å². The van der Waals surface area contributed by atoms with Crippen molar-refractivity contribution in [3.05, 3.63) is 61.2 Å². The number of benzene rings is 1. The van der Waals surface area contributed by atoms with E-state index >= 15 is 0 Å². The Labute approximate surface area is 235 Å². The van der Waals surface area contributed by atoms with Gasteiger partial charge in [-0.3, -0.25) is 14.4 Å². The van der Waals surface area contributed by atoms with E-state index in [-0.39, 0.29) is 31.1 Å². The highest BCUT2D eigenvalue weighted by Crippen LogP contribution is 2.72. The van der Waals surface area contributed by atoms with E-state index in [2.05, 4.69) is 13.2 Å². The monoisotopic (exact) mass is 552 g/mol. The van der Waals surface area contributed by atoms with Gasteiger partial charge in [0.05, 0.1) is 29.2 Å². The van der Waals surface area contributed by atoms with Crippen molar-refractivity contribution in [2.75, 3.05) is 19.8 Å². The summed E-state index contributed by atoms with van der Waals surface area (Å²) in [6, 6.07) is 8.00. The first-order chi connectivity index (χ1) is 18.8. The van der Waals surface area contributed by atoms with Crippen LogP contribution in [0.5, 0.6) is 0 Å². The molecule has 4 aliphatic rings. The maximum atomic E-state index is 14.8. The van der Waals surface area contributed by atoms with Crippen molar-refractivity contribution in [3.63, 3.8) is 0 Å². The molecule has 7 nitrogen and oxygen atoms in total. The molecule has 5 rings (SSSR count). The van der Waals surface area contributed by atoms with Crippen LogP contribution in [0.25, 0.3) is 0 Å². The second-order valence-corrected chi connectivity index (χ2v) is 13.5. The minimum atomic E-state index is -0.793. The molecule has 1 aliphatic carbocycles. The van der Waals surface area contributed by atoms with Gasteiger partial charge in [0.25, 0.3) is 0 Å². The Balaban J connectivity index is 1.62. The van der Waals surface area contributed by atoms with Crippen LogP contribution < -0.4 is 0 Å². The summed E-state index contributed by atoms with van der Waals surface area (Å²) < 4.78 is 4.26. The van der Waals surface area contributed by atoms with Crippen LogP contribution in [0.15, 0.2) is 55.6 Å². The third-order valence-electron chi connectivity index (χ3n) is 9.36. The summed E-state index contributed by atoms with van der Waals surface area (Å²) in [6.07, 6.45) is 9.82. The number of ether oxygens (including phenoxy) is 1. The predicted molar refractivity (Wildman–Crippen MR) is 152 cm³/mol. The van der Waals surface area contributed by atoms with E-state index < -0.39 is 39.4 Å². The highest BCUT2D eigenvalue weighted by molar-refractivity contribution is 8.02. The van der Waals surface area contributed by atoms with E-state index in [1.54, 1.807) is 22.7 Å². The standard InChI is InChI=1S/C31H40N2O5S/c1-4-18-32(22-14-10-7-11-15-22)28(36)26-31-17-16-30(3,39-31)25(29(37)38-19-5-2)24(31)27(35)33(26)23(20-34)21-12-8-6-9-13-21/h4-6,8-9,12-13,22-26,34H,1-2,7,10-11,14-20H2,3H3/t23-,24+,25+,26?,30-,31?/m1/s1. The molecule has 2 unspecified atom stereocenters. The van der Waals surface area contributed by atoms with Crippen molar-refractivity contribution in [3.8, 4) is 0 Å². The lowest BCUT2D eigenvalue weighted by Gasteiger charge is -2.42.